The number of benzene rings is 3. The lowest BCUT2D eigenvalue weighted by Gasteiger charge is -2.25. The van der Waals surface area contributed by atoms with Crippen LogP contribution in [-0.2, 0) is 57.6 Å². The van der Waals surface area contributed by atoms with E-state index in [9.17, 15) is 43.5 Å². The Balaban J connectivity index is 1.72. The lowest BCUT2D eigenvalue weighted by molar-refractivity contribution is -0.138. The molecule has 6 atom stereocenters. The molecule has 3 aromatic carbocycles. The summed E-state index contributed by atoms with van der Waals surface area (Å²) in [6.45, 7) is 1.45. The van der Waals surface area contributed by atoms with Crippen LogP contribution in [0.15, 0.2) is 84.9 Å². The van der Waals surface area contributed by atoms with Crippen molar-refractivity contribution in [3.63, 3.8) is 0 Å². The Morgan fingerprint density at radius 3 is 1.43 bits per heavy atom. The number of hydrogen-bond acceptors (Lipinski definition) is 11. The van der Waals surface area contributed by atoms with Crippen LogP contribution in [0.4, 0.5) is 0 Å². The van der Waals surface area contributed by atoms with Gasteiger partial charge in [-0.05, 0) is 61.1 Å². The smallest absolute Gasteiger partial charge is 0.322 e. The first kappa shape index (κ1) is 48.9. The number of nitrogens with two attached hydrogens (primary N) is 1. The molecule has 0 radical (unpaired) electrons. The summed E-state index contributed by atoms with van der Waals surface area (Å²) in [6, 6.07) is 16.6. The van der Waals surface area contributed by atoms with Crippen LogP contribution in [0.3, 0.4) is 0 Å². The van der Waals surface area contributed by atoms with E-state index in [4.69, 9.17) is 10.8 Å². The largest absolute Gasteiger partial charge is 0.508 e. The molecule has 328 valence electrons. The first-order valence-corrected chi connectivity index (χ1v) is 20.8. The Labute approximate surface area is 357 Å². The predicted molar refractivity (Wildman–Crippen MR) is 228 cm³/mol. The van der Waals surface area contributed by atoms with Crippen LogP contribution in [0, 0.1) is 0 Å². The van der Waals surface area contributed by atoms with Gasteiger partial charge >= 0.3 is 5.97 Å². The van der Waals surface area contributed by atoms with Gasteiger partial charge in [0, 0.05) is 19.3 Å². The van der Waals surface area contributed by atoms with Crippen LogP contribution in [0.1, 0.15) is 37.0 Å². The highest BCUT2D eigenvalue weighted by atomic mass is 32.2. The van der Waals surface area contributed by atoms with E-state index in [1.165, 1.54) is 49.9 Å². The molecule has 0 saturated heterocycles. The van der Waals surface area contributed by atoms with E-state index in [-0.39, 0.29) is 25.0 Å². The molecule has 0 heterocycles. The number of hydrogen-bond donors (Lipinski definition) is 10. The molecule has 0 aromatic heterocycles. The summed E-state index contributed by atoms with van der Waals surface area (Å²) in [5.74, 6) is -5.73. The second-order valence-electron chi connectivity index (χ2n) is 14.2. The maximum absolute atomic E-state index is 13.9. The Hall–Kier alpha value is -6.47. The molecule has 3 rings (SSSR count). The number of phenols is 1. The van der Waals surface area contributed by atoms with Crippen molar-refractivity contribution in [3.8, 4) is 5.75 Å². The number of aliphatic carboxylic acids is 1. The van der Waals surface area contributed by atoms with Gasteiger partial charge < -0.3 is 53.2 Å². The summed E-state index contributed by atoms with van der Waals surface area (Å²) >= 11 is 1.53. The molecule has 0 fully saturated rings. The average molecular weight is 863 g/mol. The van der Waals surface area contributed by atoms with Crippen LogP contribution >= 0.6 is 11.8 Å². The minimum absolute atomic E-state index is 0.0257. The van der Waals surface area contributed by atoms with Crippen molar-refractivity contribution in [2.75, 3.05) is 25.1 Å². The van der Waals surface area contributed by atoms with E-state index in [1.54, 1.807) is 60.7 Å². The Morgan fingerprint density at radius 1 is 0.557 bits per heavy atom. The minimum Gasteiger partial charge on any atom is -0.508 e. The van der Waals surface area contributed by atoms with E-state index in [0.717, 1.165) is 5.56 Å². The van der Waals surface area contributed by atoms with E-state index >= 15 is 0 Å². The number of amides is 7. The van der Waals surface area contributed by atoms with Gasteiger partial charge in [-0.2, -0.15) is 11.8 Å². The Kier molecular flexibility index (Phi) is 20.2. The number of nitrogens with one attached hydrogen (secondary N) is 7. The molecule has 0 aliphatic rings. The van der Waals surface area contributed by atoms with E-state index < -0.39 is 96.7 Å². The van der Waals surface area contributed by atoms with E-state index in [1.807, 2.05) is 6.26 Å². The maximum atomic E-state index is 13.9. The SMILES string of the molecule is CSCC[C@H](N)C(=O)N[C@@H](Cc1ccccc1)C(=O)N[C@@H](C)C(=O)NCC(=O)N[C@@H](Cc1ccc(O)cc1)C(=O)N[C@@H](Cc1ccccc1)C(=O)N[C@@H](C)C(=O)NCC(=O)O. The van der Waals surface area contributed by atoms with Crippen LogP contribution < -0.4 is 43.0 Å². The molecule has 0 bridgehead atoms. The molecule has 61 heavy (non-hydrogen) atoms. The number of carboxylic acid groups (broad SMARTS) is 1. The van der Waals surface area contributed by atoms with Crippen molar-refractivity contribution in [1.82, 2.24) is 37.2 Å². The molecular formula is C42H54N8O10S. The molecule has 0 unspecified atom stereocenters. The fourth-order valence-corrected chi connectivity index (χ4v) is 6.25. The predicted octanol–water partition coefficient (Wildman–Crippen LogP) is -0.719. The van der Waals surface area contributed by atoms with Gasteiger partial charge in [-0.15, -0.1) is 0 Å². The van der Waals surface area contributed by atoms with E-state index in [2.05, 4.69) is 37.2 Å². The molecule has 7 amide bonds. The van der Waals surface area contributed by atoms with Crippen LogP contribution in [-0.4, -0.2) is 119 Å². The summed E-state index contributed by atoms with van der Waals surface area (Å²) in [4.78, 5) is 103. The minimum atomic E-state index is -1.32. The quantitative estimate of drug-likeness (QED) is 0.0535. The lowest BCUT2D eigenvalue weighted by Crippen LogP contribution is -2.58. The van der Waals surface area contributed by atoms with Gasteiger partial charge in [0.05, 0.1) is 12.6 Å². The molecule has 0 saturated carbocycles. The molecule has 19 heteroatoms. The third kappa shape index (κ3) is 17.7. The summed E-state index contributed by atoms with van der Waals surface area (Å²) in [5, 5.41) is 36.3. The standard InChI is InChI=1S/C42H54N8O10S/c1-25(46-40(58)33(20-27-10-6-4-7-11-27)49-39(57)31(43)18-19-61-3)37(55)44-23-35(52)48-32(22-29-14-16-30(51)17-15-29)42(60)50-34(21-28-12-8-5-9-13-28)41(59)47-26(2)38(56)45-24-36(53)54/h4-17,25-26,31-34,51H,18-24,43H2,1-3H3,(H,44,55)(H,45,56)(H,46,58)(H,47,59)(H,48,52)(H,49,57)(H,50,60)(H,53,54)/t25-,26-,31-,32-,33-,34-/m0/s1. The van der Waals surface area contributed by atoms with Gasteiger partial charge in [0.15, 0.2) is 0 Å². The highest BCUT2D eigenvalue weighted by Gasteiger charge is 2.30. The first-order chi connectivity index (χ1) is 29.1. The van der Waals surface area contributed by atoms with Gasteiger partial charge in [0.25, 0.3) is 0 Å². The van der Waals surface area contributed by atoms with E-state index in [0.29, 0.717) is 23.3 Å². The summed E-state index contributed by atoms with van der Waals surface area (Å²) in [5.41, 5.74) is 7.96. The fourth-order valence-electron chi connectivity index (χ4n) is 5.76. The molecule has 0 aliphatic heterocycles. The number of phenolic OH excluding ortho intramolecular Hbond substituents is 1. The van der Waals surface area contributed by atoms with Crippen molar-refractivity contribution in [1.29, 1.82) is 0 Å². The van der Waals surface area contributed by atoms with Crippen molar-refractivity contribution >= 4 is 59.1 Å². The molecule has 3 aromatic rings. The van der Waals surface area contributed by atoms with Crippen molar-refractivity contribution < 1.29 is 48.6 Å². The van der Waals surface area contributed by atoms with Crippen LogP contribution in [0.2, 0.25) is 0 Å². The van der Waals surface area contributed by atoms with Crippen molar-refractivity contribution in [3.05, 3.63) is 102 Å². The second-order valence-corrected chi connectivity index (χ2v) is 15.2. The first-order valence-electron chi connectivity index (χ1n) is 19.4. The Morgan fingerprint density at radius 2 is 0.967 bits per heavy atom. The number of aromatic hydroxyl groups is 1. The van der Waals surface area contributed by atoms with Gasteiger partial charge in [-0.1, -0.05) is 72.8 Å². The zero-order valence-electron chi connectivity index (χ0n) is 34.1. The topological polar surface area (TPSA) is 287 Å². The zero-order valence-corrected chi connectivity index (χ0v) is 35.0. The number of carbonyl (C=O) groups is 8. The van der Waals surface area contributed by atoms with Gasteiger partial charge in [0.1, 0.15) is 42.5 Å². The van der Waals surface area contributed by atoms with Gasteiger partial charge in [-0.25, -0.2) is 0 Å². The monoisotopic (exact) mass is 862 g/mol. The fraction of sp³-hybridized carbons (Fsp3) is 0.381. The average Bonchev–Trinajstić information content (AvgIpc) is 3.24. The zero-order chi connectivity index (χ0) is 44.9. The highest BCUT2D eigenvalue weighted by molar-refractivity contribution is 7.98. The number of rotatable bonds is 24. The van der Waals surface area contributed by atoms with Crippen molar-refractivity contribution in [2.45, 2.75) is 75.8 Å². The second kappa shape index (κ2) is 25.2. The molecule has 0 spiro atoms. The van der Waals surface area contributed by atoms with Gasteiger partial charge in [-0.3, -0.25) is 38.4 Å². The highest BCUT2D eigenvalue weighted by Crippen LogP contribution is 2.13. The summed E-state index contributed by atoms with van der Waals surface area (Å²) in [6.07, 6.45) is 2.26. The lowest BCUT2D eigenvalue weighted by atomic mass is 10.0. The molecule has 11 N–H and O–H groups in total. The van der Waals surface area contributed by atoms with Crippen LogP contribution in [0.25, 0.3) is 0 Å². The molecular weight excluding hydrogens is 809 g/mol. The number of thioether (sulfide) groups is 1. The molecule has 18 nitrogen and oxygen atoms in total. The Bertz CT molecular complexity index is 1960. The third-order valence-electron chi connectivity index (χ3n) is 9.17. The number of carboxylic acids is 1. The summed E-state index contributed by atoms with van der Waals surface area (Å²) < 4.78 is 0. The van der Waals surface area contributed by atoms with Crippen molar-refractivity contribution in [2.24, 2.45) is 5.73 Å². The molecule has 0 aliphatic carbocycles. The maximum Gasteiger partial charge on any atom is 0.322 e. The third-order valence-corrected chi connectivity index (χ3v) is 9.81. The number of carbonyl (C=O) groups excluding carboxylic acids is 7. The summed E-state index contributed by atoms with van der Waals surface area (Å²) in [7, 11) is 0. The van der Waals surface area contributed by atoms with Crippen LogP contribution in [0.5, 0.6) is 5.75 Å². The van der Waals surface area contributed by atoms with Gasteiger partial charge in [0.2, 0.25) is 41.4 Å². The normalized spacial score (nSPS) is 13.7.